The number of anilines is 5. The quantitative estimate of drug-likeness (QED) is 0.0560. The minimum absolute atomic E-state index is 0.104. The van der Waals surface area contributed by atoms with Gasteiger partial charge in [0, 0.05) is 58.1 Å². The second-order valence-electron chi connectivity index (χ2n) is 14.3. The van der Waals surface area contributed by atoms with E-state index >= 15 is 0 Å². The van der Waals surface area contributed by atoms with Crippen LogP contribution in [0.25, 0.3) is 0 Å². The Bertz CT molecular complexity index is 2430. The van der Waals surface area contributed by atoms with E-state index in [4.69, 9.17) is 11.5 Å². The first-order valence-electron chi connectivity index (χ1n) is 18.9. The van der Waals surface area contributed by atoms with Gasteiger partial charge in [0.25, 0.3) is 17.7 Å². The minimum atomic E-state index is -1.97. The summed E-state index contributed by atoms with van der Waals surface area (Å²) < 4.78 is 1.70. The molecule has 58 heavy (non-hydrogen) atoms. The molecular weight excluding hydrogens is 733 g/mol. The van der Waals surface area contributed by atoms with Gasteiger partial charge in [-0.25, -0.2) is 0 Å². The average molecular weight is 777 g/mol. The van der Waals surface area contributed by atoms with Crippen LogP contribution in [-0.4, -0.2) is 49.5 Å². The number of amides is 3. The van der Waals surface area contributed by atoms with Crippen molar-refractivity contribution in [1.29, 1.82) is 0 Å². The van der Waals surface area contributed by atoms with Gasteiger partial charge in [-0.15, -0.1) is 5.10 Å². The predicted octanol–water partition coefficient (Wildman–Crippen LogP) is 6.09. The maximum absolute atomic E-state index is 14.4. The number of rotatable bonds is 14. The molecule has 1 aliphatic heterocycles. The average Bonchev–Trinajstić information content (AvgIpc) is 3.78. The van der Waals surface area contributed by atoms with Crippen molar-refractivity contribution in [2.75, 3.05) is 33.6 Å². The summed E-state index contributed by atoms with van der Waals surface area (Å²) in [5.41, 5.74) is 15.8. The van der Waals surface area contributed by atoms with Crippen molar-refractivity contribution in [2.45, 2.75) is 38.0 Å². The number of allylic oxidation sites excluding steroid dienone is 1. The number of carbonyl (C=O) groups excluding carboxylic acids is 3. The molecule has 0 spiro atoms. The molecule has 0 fully saturated rings. The third-order valence-electron chi connectivity index (χ3n) is 10.3. The Morgan fingerprint density at radius 1 is 0.828 bits per heavy atom. The van der Waals surface area contributed by atoms with Crippen LogP contribution in [0.2, 0.25) is 0 Å². The van der Waals surface area contributed by atoms with Gasteiger partial charge in [0.15, 0.2) is 5.60 Å². The second-order valence-corrected chi connectivity index (χ2v) is 14.3. The van der Waals surface area contributed by atoms with Crippen LogP contribution in [0.4, 0.5) is 28.4 Å². The highest BCUT2D eigenvalue weighted by molar-refractivity contribution is 6.09. The number of nitrogen functional groups attached to an aromatic ring is 2. The number of nitrogens with two attached hydrogens (primary N) is 2. The number of aliphatic hydroxyl groups excluding tert-OH is 1. The Morgan fingerprint density at radius 3 is 2.05 bits per heavy atom. The lowest BCUT2D eigenvalue weighted by molar-refractivity contribution is -0.139. The molecule has 3 amide bonds. The molecule has 0 bridgehead atoms. The molecular formula is C45H44N8O5. The summed E-state index contributed by atoms with van der Waals surface area (Å²) in [5, 5.41) is 36.8. The Labute approximate surface area is 335 Å². The van der Waals surface area contributed by atoms with Crippen LogP contribution in [-0.2, 0) is 23.5 Å². The van der Waals surface area contributed by atoms with Crippen molar-refractivity contribution in [3.8, 4) is 0 Å². The maximum atomic E-state index is 14.4. The van der Waals surface area contributed by atoms with E-state index < -0.39 is 17.4 Å². The first-order chi connectivity index (χ1) is 28.0. The summed E-state index contributed by atoms with van der Waals surface area (Å²) in [6, 6.07) is 35.0. The Balaban J connectivity index is 1.09. The lowest BCUT2D eigenvalue weighted by Crippen LogP contribution is -2.44. The highest BCUT2D eigenvalue weighted by Crippen LogP contribution is 2.47. The fraction of sp³-hybridized carbons (Fsp3) is 0.178. The molecule has 0 saturated heterocycles. The van der Waals surface area contributed by atoms with E-state index in [9.17, 15) is 24.6 Å². The van der Waals surface area contributed by atoms with Crippen molar-refractivity contribution in [3.63, 3.8) is 0 Å². The first kappa shape index (κ1) is 39.2. The molecule has 2 heterocycles. The van der Waals surface area contributed by atoms with Crippen molar-refractivity contribution in [1.82, 2.24) is 15.0 Å². The van der Waals surface area contributed by atoms with E-state index in [1.807, 2.05) is 60.8 Å². The third-order valence-corrected chi connectivity index (χ3v) is 10.3. The van der Waals surface area contributed by atoms with Crippen LogP contribution in [0.15, 0.2) is 140 Å². The van der Waals surface area contributed by atoms with Crippen molar-refractivity contribution in [3.05, 3.63) is 173 Å². The molecule has 1 unspecified atom stereocenters. The van der Waals surface area contributed by atoms with Gasteiger partial charge >= 0.3 is 0 Å². The topological polar surface area (TPSA) is 202 Å². The monoisotopic (exact) mass is 776 g/mol. The number of aryl methyl sites for hydroxylation is 1. The number of hydrogen-bond donors (Lipinski definition) is 6. The van der Waals surface area contributed by atoms with E-state index in [-0.39, 0.29) is 30.9 Å². The molecule has 13 heteroatoms. The van der Waals surface area contributed by atoms with Gasteiger partial charge in [0.2, 0.25) is 0 Å². The van der Waals surface area contributed by atoms with Crippen LogP contribution in [0.1, 0.15) is 62.4 Å². The van der Waals surface area contributed by atoms with Gasteiger partial charge in [0.05, 0.1) is 30.5 Å². The summed E-state index contributed by atoms with van der Waals surface area (Å²) in [5.74, 6) is -2.14. The zero-order chi connectivity index (χ0) is 40.8. The number of nitrogens with zero attached hydrogens (tertiary/aromatic N) is 4. The molecule has 294 valence electrons. The normalized spacial score (nSPS) is 15.9. The standard InChI is InChI=1S/C45H44N8O5/c1-29(7-5-6-24-52-27-40(50-51-52)38(28-54)31-8-3-2-4-9-31)45(58)39-25-37(49-43(56)33-14-18-35(47)19-15-33)22-23-41(39)53(44(45)57)26-30-10-20-36(21-11-30)48-42(55)32-12-16-34(46)17-13-32/h2-5,7-23,25,27,29,38,54,58H,6,24,26,28,46-47H2,1H3,(H,48,55)(H,49,56)/b7-5+/t29-,38?,45+/m1/s1. The lowest BCUT2D eigenvalue weighted by atomic mass is 9.82. The Morgan fingerprint density at radius 2 is 1.43 bits per heavy atom. The SMILES string of the molecule is C[C@H](/C=C/CCn1cc(C(CO)c2ccccc2)nn1)[C@@]1(O)C(=O)N(Cc2ccc(NC(=O)c3ccc(N)cc3)cc2)c2ccc(NC(=O)c3ccc(N)cc3)cc21. The van der Waals surface area contributed by atoms with Crippen molar-refractivity contribution < 1.29 is 24.6 Å². The van der Waals surface area contributed by atoms with Gasteiger partial charge in [-0.2, -0.15) is 0 Å². The smallest absolute Gasteiger partial charge is 0.264 e. The first-order valence-corrected chi connectivity index (χ1v) is 18.9. The van der Waals surface area contributed by atoms with Gasteiger partial charge in [-0.3, -0.25) is 19.1 Å². The molecule has 7 rings (SSSR count). The van der Waals surface area contributed by atoms with Crippen LogP contribution in [0, 0.1) is 5.92 Å². The lowest BCUT2D eigenvalue weighted by Gasteiger charge is -2.28. The van der Waals surface area contributed by atoms with Crippen LogP contribution in [0.5, 0.6) is 0 Å². The minimum Gasteiger partial charge on any atom is -0.399 e. The molecule has 0 radical (unpaired) electrons. The predicted molar refractivity (Wildman–Crippen MR) is 224 cm³/mol. The van der Waals surface area contributed by atoms with Crippen LogP contribution < -0.4 is 27.0 Å². The summed E-state index contributed by atoms with van der Waals surface area (Å²) in [7, 11) is 0. The zero-order valence-electron chi connectivity index (χ0n) is 31.8. The Hall–Kier alpha value is -7.09. The summed E-state index contributed by atoms with van der Waals surface area (Å²) in [4.78, 5) is 41.8. The van der Waals surface area contributed by atoms with Gasteiger partial charge in [-0.1, -0.05) is 66.8 Å². The van der Waals surface area contributed by atoms with E-state index in [0.29, 0.717) is 63.8 Å². The van der Waals surface area contributed by atoms with Gasteiger partial charge in [0.1, 0.15) is 0 Å². The molecule has 1 aromatic heterocycles. The molecule has 0 saturated carbocycles. The van der Waals surface area contributed by atoms with Crippen molar-refractivity contribution in [2.24, 2.45) is 5.92 Å². The summed E-state index contributed by atoms with van der Waals surface area (Å²) >= 11 is 0. The summed E-state index contributed by atoms with van der Waals surface area (Å²) in [6.07, 6.45) is 6.04. The number of benzene rings is 5. The number of aliphatic hydroxyl groups is 2. The molecule has 3 atom stereocenters. The largest absolute Gasteiger partial charge is 0.399 e. The van der Waals surface area contributed by atoms with Crippen LogP contribution >= 0.6 is 0 Å². The fourth-order valence-corrected chi connectivity index (χ4v) is 7.02. The van der Waals surface area contributed by atoms with Crippen molar-refractivity contribution >= 4 is 46.2 Å². The van der Waals surface area contributed by atoms with E-state index in [2.05, 4.69) is 20.9 Å². The molecule has 5 aromatic carbocycles. The third kappa shape index (κ3) is 8.36. The van der Waals surface area contributed by atoms with Gasteiger partial charge in [-0.05, 0) is 96.4 Å². The zero-order valence-corrected chi connectivity index (χ0v) is 31.8. The van der Waals surface area contributed by atoms with Crippen LogP contribution in [0.3, 0.4) is 0 Å². The second kappa shape index (κ2) is 17.0. The molecule has 1 aliphatic rings. The van der Waals surface area contributed by atoms with E-state index in [1.54, 1.807) is 90.5 Å². The highest BCUT2D eigenvalue weighted by Gasteiger charge is 2.52. The number of nitrogens with one attached hydrogen (secondary N) is 2. The Kier molecular flexibility index (Phi) is 11.4. The highest BCUT2D eigenvalue weighted by atomic mass is 16.3. The fourth-order valence-electron chi connectivity index (χ4n) is 7.02. The molecule has 6 aromatic rings. The summed E-state index contributed by atoms with van der Waals surface area (Å²) in [6.45, 7) is 2.29. The van der Waals surface area contributed by atoms with Gasteiger partial charge < -0.3 is 37.2 Å². The molecule has 13 nitrogen and oxygen atoms in total. The number of fused-ring (bicyclic) bond motifs is 1. The number of aromatic nitrogens is 3. The van der Waals surface area contributed by atoms with E-state index in [1.165, 1.54) is 4.90 Å². The molecule has 0 aliphatic carbocycles. The molecule has 8 N–H and O–H groups in total. The number of carbonyl (C=O) groups is 3. The maximum Gasteiger partial charge on any atom is 0.264 e. The van der Waals surface area contributed by atoms with E-state index in [0.717, 1.165) is 11.1 Å². The number of hydrogen-bond acceptors (Lipinski definition) is 9.